The number of anilines is 3. The fraction of sp³-hybridized carbons (Fsp3) is 0.462. The number of carboxylic acids is 1. The third-order valence-corrected chi connectivity index (χ3v) is 6.58. The molecule has 3 rings (SSSR count). The van der Waals surface area contributed by atoms with Gasteiger partial charge in [0.2, 0.25) is 0 Å². The number of benzene rings is 2. The fourth-order valence-corrected chi connectivity index (χ4v) is 4.90. The highest BCUT2D eigenvalue weighted by atomic mass is 16.4. The van der Waals surface area contributed by atoms with E-state index >= 15 is 0 Å². The van der Waals surface area contributed by atoms with Crippen molar-refractivity contribution in [1.82, 2.24) is 0 Å². The van der Waals surface area contributed by atoms with E-state index in [0.29, 0.717) is 17.8 Å². The van der Waals surface area contributed by atoms with E-state index in [1.54, 1.807) is 13.8 Å². The minimum Gasteiger partial charge on any atom is -0.481 e. The third-order valence-electron chi connectivity index (χ3n) is 6.58. The number of aliphatic hydroxyl groups is 1. The second-order valence-corrected chi connectivity index (χ2v) is 9.42. The Morgan fingerprint density at radius 2 is 1.91 bits per heavy atom. The quantitative estimate of drug-likeness (QED) is 0.526. The normalized spacial score (nSPS) is 17.1. The van der Waals surface area contributed by atoms with Crippen molar-refractivity contribution in [2.45, 2.75) is 70.9 Å². The van der Waals surface area contributed by atoms with Gasteiger partial charge >= 0.3 is 12.0 Å². The molecule has 2 aromatic rings. The summed E-state index contributed by atoms with van der Waals surface area (Å²) in [5.74, 6) is -1.05. The first-order valence-electron chi connectivity index (χ1n) is 11.5. The van der Waals surface area contributed by atoms with Gasteiger partial charge < -0.3 is 20.8 Å². The first kappa shape index (κ1) is 24.6. The van der Waals surface area contributed by atoms with Gasteiger partial charge in [-0.05, 0) is 75.3 Å². The summed E-state index contributed by atoms with van der Waals surface area (Å²) in [6.45, 7) is 8.23. The molecule has 178 valence electrons. The zero-order valence-corrected chi connectivity index (χ0v) is 19.9. The Hall–Kier alpha value is -3.06. The number of nitrogens with two attached hydrogens (primary N) is 1. The number of amides is 2. The van der Waals surface area contributed by atoms with Crippen LogP contribution in [0.5, 0.6) is 0 Å². The van der Waals surface area contributed by atoms with Gasteiger partial charge in [0, 0.05) is 6.54 Å². The molecular formula is C26H35N3O4. The maximum Gasteiger partial charge on any atom is 0.323 e. The molecular weight excluding hydrogens is 418 g/mol. The van der Waals surface area contributed by atoms with Crippen LogP contribution in [0.25, 0.3) is 0 Å². The number of rotatable bonds is 8. The lowest BCUT2D eigenvalue weighted by Gasteiger charge is -2.38. The van der Waals surface area contributed by atoms with E-state index in [4.69, 9.17) is 5.73 Å². The van der Waals surface area contributed by atoms with Crippen molar-refractivity contribution >= 4 is 29.1 Å². The van der Waals surface area contributed by atoms with Gasteiger partial charge in [0.05, 0.1) is 35.1 Å². The molecule has 0 radical (unpaired) electrons. The van der Waals surface area contributed by atoms with Crippen LogP contribution < -0.4 is 15.5 Å². The average Bonchev–Trinajstić information content (AvgIpc) is 3.23. The number of primary amides is 1. The summed E-state index contributed by atoms with van der Waals surface area (Å²) in [5, 5.41) is 20.2. The molecule has 2 amide bonds. The first-order valence-corrected chi connectivity index (χ1v) is 11.5. The monoisotopic (exact) mass is 453 g/mol. The smallest absolute Gasteiger partial charge is 0.323 e. The fourth-order valence-electron chi connectivity index (χ4n) is 4.90. The maximum atomic E-state index is 12.8. The number of aryl methyl sites for hydroxylation is 1. The number of para-hydroxylation sites is 1. The zero-order chi connectivity index (χ0) is 24.3. The molecule has 0 aromatic heterocycles. The molecule has 2 atom stereocenters. The second kappa shape index (κ2) is 9.83. The van der Waals surface area contributed by atoms with Gasteiger partial charge in [-0.25, -0.2) is 4.79 Å². The van der Waals surface area contributed by atoms with E-state index in [1.807, 2.05) is 56.3 Å². The Bertz CT molecular complexity index is 1010. The van der Waals surface area contributed by atoms with Gasteiger partial charge in [-0.2, -0.15) is 0 Å². The first-order chi connectivity index (χ1) is 15.5. The molecule has 1 saturated heterocycles. The lowest BCUT2D eigenvalue weighted by atomic mass is 9.91. The van der Waals surface area contributed by atoms with Gasteiger partial charge in [0.15, 0.2) is 0 Å². The number of carbonyl (C=O) groups is 2. The number of urea groups is 1. The summed E-state index contributed by atoms with van der Waals surface area (Å²) in [7, 11) is 0. The van der Waals surface area contributed by atoms with Crippen molar-refractivity contribution in [3.05, 3.63) is 53.6 Å². The predicted octanol–water partition coefficient (Wildman–Crippen LogP) is 4.92. The highest BCUT2D eigenvalue weighted by Crippen LogP contribution is 2.42. The van der Waals surface area contributed by atoms with E-state index in [0.717, 1.165) is 36.2 Å². The van der Waals surface area contributed by atoms with E-state index in [2.05, 4.69) is 4.90 Å². The molecule has 1 aliphatic heterocycles. The van der Waals surface area contributed by atoms with Crippen molar-refractivity contribution in [2.24, 2.45) is 5.73 Å². The Labute approximate surface area is 195 Å². The van der Waals surface area contributed by atoms with Crippen molar-refractivity contribution in [1.29, 1.82) is 0 Å². The summed E-state index contributed by atoms with van der Waals surface area (Å²) < 4.78 is 0. The van der Waals surface area contributed by atoms with Crippen molar-refractivity contribution in [2.75, 3.05) is 16.3 Å². The number of carboxylic acid groups (broad SMARTS) is 1. The van der Waals surface area contributed by atoms with Crippen LogP contribution in [0.1, 0.15) is 63.5 Å². The molecule has 0 aliphatic carbocycles. The van der Waals surface area contributed by atoms with E-state index in [-0.39, 0.29) is 18.4 Å². The SMILES string of the molecule is CCC(CC(=O)O)c1ccc(N2CCC[C@@H]2C(C)(C)O)c(N(C(N)=O)c2ccccc2C)c1. The number of aliphatic carboxylic acids is 1. The maximum absolute atomic E-state index is 12.8. The van der Waals surface area contributed by atoms with Crippen LogP contribution in [-0.4, -0.2) is 40.4 Å². The molecule has 33 heavy (non-hydrogen) atoms. The van der Waals surface area contributed by atoms with E-state index in [1.165, 1.54) is 4.90 Å². The highest BCUT2D eigenvalue weighted by molar-refractivity contribution is 6.02. The van der Waals surface area contributed by atoms with E-state index in [9.17, 15) is 19.8 Å². The Balaban J connectivity index is 2.22. The topological polar surface area (TPSA) is 107 Å². The summed E-state index contributed by atoms with van der Waals surface area (Å²) >= 11 is 0. The highest BCUT2D eigenvalue weighted by Gasteiger charge is 2.38. The minimum absolute atomic E-state index is 0.00618. The summed E-state index contributed by atoms with van der Waals surface area (Å²) in [6.07, 6.45) is 2.42. The molecule has 1 unspecified atom stereocenters. The van der Waals surface area contributed by atoms with Crippen molar-refractivity contribution < 1.29 is 19.8 Å². The molecule has 1 aliphatic rings. The lowest BCUT2D eigenvalue weighted by Crippen LogP contribution is -2.46. The molecule has 1 heterocycles. The van der Waals surface area contributed by atoms with Crippen LogP contribution in [0, 0.1) is 6.92 Å². The molecule has 0 spiro atoms. The van der Waals surface area contributed by atoms with Gasteiger partial charge in [-0.1, -0.05) is 31.2 Å². The van der Waals surface area contributed by atoms with Gasteiger partial charge in [0.1, 0.15) is 0 Å². The lowest BCUT2D eigenvalue weighted by molar-refractivity contribution is -0.137. The van der Waals surface area contributed by atoms with Crippen LogP contribution in [0.15, 0.2) is 42.5 Å². The standard InChI is InChI=1S/C26H35N3O4/c1-5-18(16-24(30)31)19-12-13-21(28-14-8-11-23(28)26(3,4)33)22(15-19)29(25(27)32)20-10-7-6-9-17(20)2/h6-7,9-10,12-13,15,18,23,33H,5,8,11,14,16H2,1-4H3,(H2,27,32)(H,30,31)/t18?,23-/m1/s1. The van der Waals surface area contributed by atoms with Gasteiger partial charge in [0.25, 0.3) is 0 Å². The van der Waals surface area contributed by atoms with Crippen LogP contribution in [0.4, 0.5) is 21.9 Å². The number of hydrogen-bond donors (Lipinski definition) is 3. The Morgan fingerprint density at radius 3 is 2.48 bits per heavy atom. The number of hydrogen-bond acceptors (Lipinski definition) is 4. The molecule has 0 bridgehead atoms. The van der Waals surface area contributed by atoms with Crippen molar-refractivity contribution in [3.8, 4) is 0 Å². The minimum atomic E-state index is -0.929. The number of carbonyl (C=O) groups excluding carboxylic acids is 1. The van der Waals surface area contributed by atoms with Crippen LogP contribution in [0.2, 0.25) is 0 Å². The Kier molecular flexibility index (Phi) is 7.32. The Morgan fingerprint density at radius 1 is 1.21 bits per heavy atom. The van der Waals surface area contributed by atoms with Crippen molar-refractivity contribution in [3.63, 3.8) is 0 Å². The summed E-state index contributed by atoms with van der Waals surface area (Å²) in [6, 6.07) is 12.6. The molecule has 2 aromatic carbocycles. The largest absolute Gasteiger partial charge is 0.481 e. The molecule has 7 heteroatoms. The van der Waals surface area contributed by atoms with Gasteiger partial charge in [-0.3, -0.25) is 9.69 Å². The van der Waals surface area contributed by atoms with Gasteiger partial charge in [-0.15, -0.1) is 0 Å². The molecule has 4 N–H and O–H groups in total. The number of nitrogens with zero attached hydrogens (tertiary/aromatic N) is 2. The summed E-state index contributed by atoms with van der Waals surface area (Å²) in [4.78, 5) is 27.9. The molecule has 1 fully saturated rings. The predicted molar refractivity (Wildman–Crippen MR) is 131 cm³/mol. The molecule has 7 nitrogen and oxygen atoms in total. The third kappa shape index (κ3) is 5.30. The van der Waals surface area contributed by atoms with Crippen LogP contribution in [-0.2, 0) is 4.79 Å². The van der Waals surface area contributed by atoms with Crippen LogP contribution >= 0.6 is 0 Å². The molecule has 0 saturated carbocycles. The summed E-state index contributed by atoms with van der Waals surface area (Å²) in [5.41, 5.74) is 8.81. The average molecular weight is 454 g/mol. The van der Waals surface area contributed by atoms with E-state index < -0.39 is 17.6 Å². The van der Waals surface area contributed by atoms with Crippen LogP contribution in [0.3, 0.4) is 0 Å². The zero-order valence-electron chi connectivity index (χ0n) is 19.9. The second-order valence-electron chi connectivity index (χ2n) is 9.42.